The highest BCUT2D eigenvalue weighted by Crippen LogP contribution is 2.39. The summed E-state index contributed by atoms with van der Waals surface area (Å²) in [6.45, 7) is 3.06. The topological polar surface area (TPSA) is 115 Å². The summed E-state index contributed by atoms with van der Waals surface area (Å²) in [4.78, 5) is 12.5. The second-order valence-corrected chi connectivity index (χ2v) is 14.8. The van der Waals surface area contributed by atoms with Crippen LogP contribution in [-0.2, 0) is 27.9 Å². The highest BCUT2D eigenvalue weighted by molar-refractivity contribution is 7.92. The number of rotatable bonds is 14. The van der Waals surface area contributed by atoms with E-state index in [1.807, 2.05) is 24.3 Å². The lowest BCUT2D eigenvalue weighted by atomic mass is 10.1. The Balaban J connectivity index is 0.000000264. The first-order chi connectivity index (χ1) is 22.3. The average molecular weight is 675 g/mol. The van der Waals surface area contributed by atoms with Gasteiger partial charge in [-0.25, -0.2) is 13.2 Å². The molecule has 1 aromatic heterocycles. The fourth-order valence-electron chi connectivity index (χ4n) is 6.23. The number of halogens is 3. The van der Waals surface area contributed by atoms with Crippen molar-refractivity contribution < 1.29 is 31.5 Å². The number of nitrogens with zero attached hydrogens (tertiary/aromatic N) is 3. The Morgan fingerprint density at radius 2 is 1.64 bits per heavy atom. The molecule has 5 rings (SSSR count). The van der Waals surface area contributed by atoms with Gasteiger partial charge in [0.05, 0.1) is 21.8 Å². The SMILES string of the molecule is CCCCCCCCCCNC1(C#N)CC1.Cn1c(N2C[C@H](S(=O)(=O)c3ccccc3C(F)(F)F)C[C@H]2C(=O)O)cc2ccccc21. The lowest BCUT2D eigenvalue weighted by molar-refractivity contribution is -0.140. The number of alkyl halides is 3. The van der Waals surface area contributed by atoms with Gasteiger partial charge in [0.25, 0.3) is 0 Å². The van der Waals surface area contributed by atoms with Crippen molar-refractivity contribution >= 4 is 32.5 Å². The van der Waals surface area contributed by atoms with Crippen molar-refractivity contribution in [3.05, 3.63) is 60.2 Å². The van der Waals surface area contributed by atoms with Gasteiger partial charge in [-0.1, -0.05) is 82.2 Å². The molecule has 2 N–H and O–H groups in total. The van der Waals surface area contributed by atoms with E-state index in [-0.39, 0.29) is 18.5 Å². The van der Waals surface area contributed by atoms with Crippen LogP contribution in [0.1, 0.15) is 83.1 Å². The maximum atomic E-state index is 13.4. The van der Waals surface area contributed by atoms with Crippen molar-refractivity contribution in [2.75, 3.05) is 18.0 Å². The number of unbranched alkanes of at least 4 members (excludes halogenated alkanes) is 7. The first-order valence-electron chi connectivity index (χ1n) is 16.4. The fourth-order valence-corrected chi connectivity index (χ4v) is 8.14. The van der Waals surface area contributed by atoms with E-state index in [9.17, 15) is 31.5 Å². The number of aliphatic carboxylic acids is 1. The number of carbonyl (C=O) groups is 1. The van der Waals surface area contributed by atoms with E-state index in [4.69, 9.17) is 5.26 Å². The molecular formula is C35H45F3N4O4S. The van der Waals surface area contributed by atoms with Gasteiger partial charge in [0.1, 0.15) is 17.4 Å². The molecule has 0 unspecified atom stereocenters. The monoisotopic (exact) mass is 674 g/mol. The molecule has 0 amide bonds. The van der Waals surface area contributed by atoms with E-state index >= 15 is 0 Å². The number of nitriles is 1. The van der Waals surface area contributed by atoms with Crippen LogP contribution in [0.2, 0.25) is 0 Å². The summed E-state index contributed by atoms with van der Waals surface area (Å²) in [5, 5.41) is 21.5. The summed E-state index contributed by atoms with van der Waals surface area (Å²) < 4.78 is 68.3. The number of hydrogen-bond acceptors (Lipinski definition) is 6. The summed E-state index contributed by atoms with van der Waals surface area (Å²) in [6.07, 6.45) is 7.81. The molecule has 1 aliphatic carbocycles. The Kier molecular flexibility index (Phi) is 12.0. The van der Waals surface area contributed by atoms with Gasteiger partial charge in [-0.05, 0) is 56.5 Å². The summed E-state index contributed by atoms with van der Waals surface area (Å²) in [5.74, 6) is -0.734. The van der Waals surface area contributed by atoms with Crippen LogP contribution < -0.4 is 10.2 Å². The minimum Gasteiger partial charge on any atom is -0.480 e. The lowest BCUT2D eigenvalue weighted by Gasteiger charge is -2.24. The van der Waals surface area contributed by atoms with Crippen molar-refractivity contribution in [2.45, 2.75) is 105 Å². The number of para-hydroxylation sites is 1. The van der Waals surface area contributed by atoms with Gasteiger partial charge in [0.2, 0.25) is 0 Å². The second kappa shape index (κ2) is 15.6. The van der Waals surface area contributed by atoms with Crippen molar-refractivity contribution in [1.82, 2.24) is 9.88 Å². The fraction of sp³-hybridized carbons (Fsp3) is 0.543. The number of carboxylic acid groups (broad SMARTS) is 1. The Morgan fingerprint density at radius 1 is 1.02 bits per heavy atom. The molecule has 0 spiro atoms. The van der Waals surface area contributed by atoms with Gasteiger partial charge in [0.15, 0.2) is 9.84 Å². The van der Waals surface area contributed by atoms with Gasteiger partial charge in [-0.15, -0.1) is 0 Å². The molecule has 2 aromatic carbocycles. The third kappa shape index (κ3) is 8.87. The predicted molar refractivity (Wildman–Crippen MR) is 177 cm³/mol. The summed E-state index contributed by atoms with van der Waals surface area (Å²) >= 11 is 0. The van der Waals surface area contributed by atoms with Gasteiger partial charge in [-0.3, -0.25) is 5.32 Å². The standard InChI is InChI=1S/C21H19F3N2O4S.C14H26N2/c1-25-16-8-4-2-6-13(16)10-19(25)26-12-14(11-17(26)20(27)28)31(29,30)18-9-5-3-7-15(18)21(22,23)24;1-2-3-4-5-6-7-8-9-12-16-14(13-15)10-11-14/h2-10,14,17H,11-12H2,1H3,(H,27,28);16H,2-12H2,1H3/t14-,17+;/m1./s1. The number of hydrogen-bond donors (Lipinski definition) is 2. The van der Waals surface area contributed by atoms with Gasteiger partial charge in [-0.2, -0.15) is 18.4 Å². The number of aromatic nitrogens is 1. The normalized spacial score (nSPS) is 18.9. The van der Waals surface area contributed by atoms with Crippen LogP contribution in [0.3, 0.4) is 0 Å². The molecule has 2 atom stereocenters. The highest BCUT2D eigenvalue weighted by Gasteiger charge is 2.47. The molecular weight excluding hydrogens is 629 g/mol. The predicted octanol–water partition coefficient (Wildman–Crippen LogP) is 7.48. The van der Waals surface area contributed by atoms with Crippen molar-refractivity contribution in [2.24, 2.45) is 7.05 Å². The van der Waals surface area contributed by atoms with Crippen LogP contribution >= 0.6 is 0 Å². The first kappa shape index (κ1) is 36.3. The number of fused-ring (bicyclic) bond motifs is 1. The summed E-state index contributed by atoms with van der Waals surface area (Å²) in [6, 6.07) is 14.3. The molecule has 2 heterocycles. The van der Waals surface area contributed by atoms with E-state index in [0.717, 1.165) is 48.5 Å². The van der Waals surface area contributed by atoms with E-state index in [0.29, 0.717) is 5.82 Å². The lowest BCUT2D eigenvalue weighted by Crippen LogP contribution is -2.37. The number of sulfone groups is 1. The van der Waals surface area contributed by atoms with Crippen LogP contribution in [0.4, 0.5) is 19.0 Å². The number of benzene rings is 2. The average Bonchev–Trinajstić information content (AvgIpc) is 3.55. The van der Waals surface area contributed by atoms with Crippen molar-refractivity contribution in [3.63, 3.8) is 0 Å². The van der Waals surface area contributed by atoms with Crippen molar-refractivity contribution in [3.8, 4) is 6.07 Å². The van der Waals surface area contributed by atoms with E-state index < -0.39 is 43.7 Å². The molecule has 1 saturated carbocycles. The molecule has 47 heavy (non-hydrogen) atoms. The Hall–Kier alpha value is -3.56. The zero-order chi connectivity index (χ0) is 34.2. The zero-order valence-corrected chi connectivity index (χ0v) is 27.9. The van der Waals surface area contributed by atoms with Crippen LogP contribution in [-0.4, -0.2) is 54.0 Å². The van der Waals surface area contributed by atoms with E-state index in [2.05, 4.69) is 18.3 Å². The molecule has 3 aromatic rings. The number of nitrogens with one attached hydrogen (secondary N) is 1. The van der Waals surface area contributed by atoms with Gasteiger partial charge >= 0.3 is 12.1 Å². The maximum absolute atomic E-state index is 13.4. The largest absolute Gasteiger partial charge is 0.480 e. The maximum Gasteiger partial charge on any atom is 0.417 e. The minimum absolute atomic E-state index is 0.110. The number of carboxylic acids is 1. The van der Waals surface area contributed by atoms with Crippen LogP contribution in [0, 0.1) is 11.3 Å². The molecule has 0 bridgehead atoms. The van der Waals surface area contributed by atoms with Crippen LogP contribution in [0.5, 0.6) is 0 Å². The Bertz CT molecular complexity index is 1660. The van der Waals surface area contributed by atoms with E-state index in [1.165, 1.54) is 62.3 Å². The summed E-state index contributed by atoms with van der Waals surface area (Å²) in [7, 11) is -2.70. The second-order valence-electron chi connectivity index (χ2n) is 12.6. The number of aryl methyl sites for hydroxylation is 1. The summed E-state index contributed by atoms with van der Waals surface area (Å²) in [5.41, 5.74) is -0.526. The zero-order valence-electron chi connectivity index (χ0n) is 27.1. The molecule has 8 nitrogen and oxygen atoms in total. The first-order valence-corrected chi connectivity index (χ1v) is 18.0. The van der Waals surface area contributed by atoms with Gasteiger partial charge < -0.3 is 14.6 Å². The molecule has 1 saturated heterocycles. The quantitative estimate of drug-likeness (QED) is 0.171. The Labute approximate surface area is 275 Å². The number of anilines is 1. The molecule has 256 valence electrons. The smallest absolute Gasteiger partial charge is 0.417 e. The third-order valence-corrected chi connectivity index (χ3v) is 11.4. The third-order valence-electron chi connectivity index (χ3n) is 9.16. The molecule has 2 fully saturated rings. The molecule has 2 aliphatic rings. The highest BCUT2D eigenvalue weighted by atomic mass is 32.2. The van der Waals surface area contributed by atoms with Crippen LogP contribution in [0.25, 0.3) is 10.9 Å². The van der Waals surface area contributed by atoms with Crippen molar-refractivity contribution in [1.29, 1.82) is 5.26 Å². The van der Waals surface area contributed by atoms with Gasteiger partial charge in [0, 0.05) is 24.5 Å². The minimum atomic E-state index is -4.84. The Morgan fingerprint density at radius 3 is 2.23 bits per heavy atom. The molecule has 0 radical (unpaired) electrons. The van der Waals surface area contributed by atoms with E-state index in [1.54, 1.807) is 17.7 Å². The molecule has 1 aliphatic heterocycles. The van der Waals surface area contributed by atoms with Crippen LogP contribution in [0.15, 0.2) is 59.5 Å². The molecule has 12 heteroatoms.